The lowest BCUT2D eigenvalue weighted by molar-refractivity contribution is 0.240. The summed E-state index contributed by atoms with van der Waals surface area (Å²) in [4.78, 5) is 27.8. The minimum absolute atomic E-state index is 0.198. The minimum atomic E-state index is -0.231. The molecule has 0 aromatic carbocycles. The average Bonchev–Trinajstić information content (AvgIpc) is 3.29. The number of amides is 2. The summed E-state index contributed by atoms with van der Waals surface area (Å²) >= 11 is 0. The summed E-state index contributed by atoms with van der Waals surface area (Å²) in [5.74, 6) is 0.507. The molecule has 0 spiro atoms. The number of rotatable bonds is 5. The molecule has 0 bridgehead atoms. The first-order chi connectivity index (χ1) is 10.6. The molecular weight excluding hydrogens is 284 g/mol. The van der Waals surface area contributed by atoms with Gasteiger partial charge in [0, 0.05) is 25.8 Å². The fourth-order valence-corrected chi connectivity index (χ4v) is 2.09. The molecule has 1 aliphatic carbocycles. The third kappa shape index (κ3) is 3.16. The molecule has 3 rings (SSSR count). The normalized spacial score (nSPS) is 13.9. The second kappa shape index (κ2) is 6.00. The van der Waals surface area contributed by atoms with E-state index in [2.05, 4.69) is 20.7 Å². The van der Waals surface area contributed by atoms with E-state index < -0.39 is 0 Å². The van der Waals surface area contributed by atoms with Crippen molar-refractivity contribution < 1.29 is 4.79 Å². The van der Waals surface area contributed by atoms with Crippen LogP contribution in [0, 0.1) is 0 Å². The Morgan fingerprint density at radius 2 is 2.23 bits per heavy atom. The van der Waals surface area contributed by atoms with Crippen LogP contribution in [0.15, 0.2) is 29.2 Å². The van der Waals surface area contributed by atoms with E-state index in [1.807, 2.05) is 6.07 Å². The highest BCUT2D eigenvalue weighted by Crippen LogP contribution is 2.18. The van der Waals surface area contributed by atoms with Gasteiger partial charge in [0.2, 0.25) is 0 Å². The molecule has 22 heavy (non-hydrogen) atoms. The maximum absolute atomic E-state index is 12.1. The summed E-state index contributed by atoms with van der Waals surface area (Å²) < 4.78 is 2.79. The van der Waals surface area contributed by atoms with Crippen molar-refractivity contribution in [3.05, 3.63) is 34.9 Å². The third-order valence-corrected chi connectivity index (χ3v) is 3.46. The van der Waals surface area contributed by atoms with Crippen LogP contribution in [0.1, 0.15) is 12.8 Å². The summed E-state index contributed by atoms with van der Waals surface area (Å²) in [7, 11) is 1.66. The van der Waals surface area contributed by atoms with Crippen LogP contribution in [0.5, 0.6) is 0 Å². The van der Waals surface area contributed by atoms with Crippen LogP contribution in [0.3, 0.4) is 0 Å². The van der Waals surface area contributed by atoms with Gasteiger partial charge in [-0.25, -0.2) is 14.3 Å². The predicted octanol–water partition coefficient (Wildman–Crippen LogP) is 0.105. The highest BCUT2D eigenvalue weighted by atomic mass is 16.2. The Labute approximate surface area is 127 Å². The molecule has 2 aromatic heterocycles. The van der Waals surface area contributed by atoms with E-state index in [1.54, 1.807) is 25.4 Å². The number of carbonyl (C=O) groups excluding carboxylic acids is 1. The van der Waals surface area contributed by atoms with Crippen molar-refractivity contribution >= 4 is 6.03 Å². The fraction of sp³-hybridized carbons (Fsp3) is 0.429. The molecule has 0 saturated heterocycles. The van der Waals surface area contributed by atoms with Crippen LogP contribution in [-0.4, -0.2) is 37.9 Å². The van der Waals surface area contributed by atoms with Gasteiger partial charge < -0.3 is 10.6 Å². The molecule has 2 N–H and O–H groups in total. The number of nitrogens with one attached hydrogen (secondary N) is 2. The molecule has 8 nitrogen and oxygen atoms in total. The van der Waals surface area contributed by atoms with Crippen molar-refractivity contribution in [1.29, 1.82) is 0 Å². The van der Waals surface area contributed by atoms with Gasteiger partial charge in [0.15, 0.2) is 5.82 Å². The summed E-state index contributed by atoms with van der Waals surface area (Å²) in [6.45, 7) is 0.661. The van der Waals surface area contributed by atoms with Crippen LogP contribution >= 0.6 is 0 Å². The Morgan fingerprint density at radius 3 is 2.91 bits per heavy atom. The molecule has 0 atom stereocenters. The Bertz CT molecular complexity index is 717. The Balaban J connectivity index is 1.64. The zero-order valence-electron chi connectivity index (χ0n) is 12.3. The average molecular weight is 302 g/mol. The molecule has 0 aliphatic heterocycles. The van der Waals surface area contributed by atoms with Crippen molar-refractivity contribution in [2.45, 2.75) is 25.4 Å². The second-order valence-corrected chi connectivity index (χ2v) is 5.28. The zero-order chi connectivity index (χ0) is 15.5. The molecule has 0 radical (unpaired) electrons. The van der Waals surface area contributed by atoms with E-state index in [4.69, 9.17) is 0 Å². The SMILES string of the molecule is Cn1c(-c2ccccn2)nn(CCNC(=O)NC2CC2)c1=O. The van der Waals surface area contributed by atoms with E-state index in [0.29, 0.717) is 30.6 Å². The lowest BCUT2D eigenvalue weighted by Crippen LogP contribution is -2.39. The van der Waals surface area contributed by atoms with Crippen molar-refractivity contribution in [1.82, 2.24) is 30.0 Å². The topological polar surface area (TPSA) is 93.8 Å². The number of carbonyl (C=O) groups is 1. The summed E-state index contributed by atoms with van der Waals surface area (Å²) in [6.07, 6.45) is 3.74. The van der Waals surface area contributed by atoms with Crippen LogP contribution in [0.25, 0.3) is 11.5 Å². The van der Waals surface area contributed by atoms with E-state index >= 15 is 0 Å². The first-order valence-electron chi connectivity index (χ1n) is 7.25. The van der Waals surface area contributed by atoms with E-state index in [1.165, 1.54) is 9.25 Å². The summed E-state index contributed by atoms with van der Waals surface area (Å²) in [5, 5.41) is 9.83. The van der Waals surface area contributed by atoms with Crippen molar-refractivity contribution in [2.75, 3.05) is 6.54 Å². The van der Waals surface area contributed by atoms with Gasteiger partial charge in [0.1, 0.15) is 5.69 Å². The maximum Gasteiger partial charge on any atom is 0.346 e. The molecule has 2 amide bonds. The van der Waals surface area contributed by atoms with Gasteiger partial charge in [-0.1, -0.05) is 6.07 Å². The maximum atomic E-state index is 12.1. The van der Waals surface area contributed by atoms with Gasteiger partial charge in [-0.3, -0.25) is 9.55 Å². The number of aromatic nitrogens is 4. The van der Waals surface area contributed by atoms with Gasteiger partial charge in [-0.2, -0.15) is 0 Å². The second-order valence-electron chi connectivity index (χ2n) is 5.28. The Hall–Kier alpha value is -2.64. The van der Waals surface area contributed by atoms with Crippen LogP contribution in [0.4, 0.5) is 4.79 Å². The lowest BCUT2D eigenvalue weighted by Gasteiger charge is -2.05. The highest BCUT2D eigenvalue weighted by molar-refractivity contribution is 5.74. The van der Waals surface area contributed by atoms with Crippen molar-refractivity contribution in [3.63, 3.8) is 0 Å². The summed E-state index contributed by atoms with van der Waals surface area (Å²) in [5.41, 5.74) is 0.408. The molecule has 1 aliphatic rings. The number of pyridine rings is 1. The van der Waals surface area contributed by atoms with Crippen molar-refractivity contribution in [3.8, 4) is 11.5 Å². The Morgan fingerprint density at radius 1 is 1.41 bits per heavy atom. The van der Waals surface area contributed by atoms with Crippen LogP contribution in [-0.2, 0) is 13.6 Å². The molecule has 1 fully saturated rings. The molecule has 0 unspecified atom stereocenters. The quantitative estimate of drug-likeness (QED) is 0.819. The fourth-order valence-electron chi connectivity index (χ4n) is 2.09. The minimum Gasteiger partial charge on any atom is -0.336 e. The Kier molecular flexibility index (Phi) is 3.90. The number of hydrogen-bond acceptors (Lipinski definition) is 4. The number of hydrogen-bond donors (Lipinski definition) is 2. The van der Waals surface area contributed by atoms with Crippen LogP contribution in [0.2, 0.25) is 0 Å². The van der Waals surface area contributed by atoms with E-state index in [-0.39, 0.29) is 11.7 Å². The molecule has 2 aromatic rings. The van der Waals surface area contributed by atoms with Gasteiger partial charge in [-0.15, -0.1) is 5.10 Å². The van der Waals surface area contributed by atoms with E-state index in [9.17, 15) is 9.59 Å². The molecule has 8 heteroatoms. The van der Waals surface area contributed by atoms with Crippen molar-refractivity contribution in [2.24, 2.45) is 7.05 Å². The molecule has 2 heterocycles. The lowest BCUT2D eigenvalue weighted by atomic mass is 10.3. The van der Waals surface area contributed by atoms with Gasteiger partial charge in [0.25, 0.3) is 0 Å². The highest BCUT2D eigenvalue weighted by Gasteiger charge is 2.22. The number of urea groups is 1. The van der Waals surface area contributed by atoms with Gasteiger partial charge in [-0.05, 0) is 25.0 Å². The largest absolute Gasteiger partial charge is 0.346 e. The molecular formula is C14H18N6O2. The van der Waals surface area contributed by atoms with Gasteiger partial charge >= 0.3 is 11.7 Å². The molecule has 1 saturated carbocycles. The van der Waals surface area contributed by atoms with E-state index in [0.717, 1.165) is 12.8 Å². The first-order valence-corrected chi connectivity index (χ1v) is 7.25. The smallest absolute Gasteiger partial charge is 0.336 e. The summed E-state index contributed by atoms with van der Waals surface area (Å²) in [6, 6.07) is 5.56. The predicted molar refractivity (Wildman–Crippen MR) is 80.3 cm³/mol. The molecule has 116 valence electrons. The first kappa shape index (κ1) is 14.3. The monoisotopic (exact) mass is 302 g/mol. The van der Waals surface area contributed by atoms with Gasteiger partial charge in [0.05, 0.1) is 6.54 Å². The zero-order valence-corrected chi connectivity index (χ0v) is 12.3. The number of nitrogens with zero attached hydrogens (tertiary/aromatic N) is 4. The van der Waals surface area contributed by atoms with Crippen LogP contribution < -0.4 is 16.3 Å². The standard InChI is InChI=1S/C14H18N6O2/c1-19-12(11-4-2-3-7-15-11)18-20(14(19)22)9-8-16-13(21)17-10-5-6-10/h2-4,7,10H,5-6,8-9H2,1H3,(H2,16,17,21). The third-order valence-electron chi connectivity index (χ3n) is 3.46.